The summed E-state index contributed by atoms with van der Waals surface area (Å²) in [4.78, 5) is 10.2. The highest BCUT2D eigenvalue weighted by molar-refractivity contribution is 6.14. The predicted molar refractivity (Wildman–Crippen MR) is 185 cm³/mol. The van der Waals surface area contributed by atoms with Gasteiger partial charge in [-0.2, -0.15) is 0 Å². The van der Waals surface area contributed by atoms with Crippen LogP contribution in [-0.2, 0) is 0 Å². The van der Waals surface area contributed by atoms with Crippen LogP contribution in [0.2, 0.25) is 0 Å². The minimum Gasteiger partial charge on any atom is -0.455 e. The highest BCUT2D eigenvalue weighted by atomic mass is 16.3. The second-order valence-electron chi connectivity index (χ2n) is 11.3. The Morgan fingerprint density at radius 3 is 1.62 bits per heavy atom. The van der Waals surface area contributed by atoms with Crippen LogP contribution in [0.25, 0.3) is 88.9 Å². The van der Waals surface area contributed by atoms with Gasteiger partial charge in [0.25, 0.3) is 0 Å². The van der Waals surface area contributed by atoms with Crippen LogP contribution in [0.15, 0.2) is 162 Å². The van der Waals surface area contributed by atoms with E-state index in [4.69, 9.17) is 14.4 Å². The minimum atomic E-state index is 0.824. The summed E-state index contributed by atoms with van der Waals surface area (Å²) >= 11 is 0. The van der Waals surface area contributed by atoms with Gasteiger partial charge in [0.15, 0.2) is 0 Å². The fourth-order valence-corrected chi connectivity index (χ4v) is 6.56. The molecule has 3 heteroatoms. The van der Waals surface area contributed by atoms with Gasteiger partial charge in [-0.1, -0.05) is 121 Å². The molecule has 2 aliphatic heterocycles. The van der Waals surface area contributed by atoms with Gasteiger partial charge in [0.1, 0.15) is 11.3 Å². The highest BCUT2D eigenvalue weighted by Crippen LogP contribution is 2.46. The molecule has 0 spiro atoms. The van der Waals surface area contributed by atoms with Gasteiger partial charge in [-0.25, -0.2) is 9.97 Å². The Morgan fingerprint density at radius 1 is 0.400 bits per heavy atom. The molecular formula is C42H26N2O. The lowest BCUT2D eigenvalue weighted by atomic mass is 9.91. The second-order valence-corrected chi connectivity index (χ2v) is 11.3. The maximum atomic E-state index is 6.79. The van der Waals surface area contributed by atoms with E-state index < -0.39 is 0 Å². The largest absolute Gasteiger partial charge is 0.455 e. The Labute approximate surface area is 260 Å². The number of hydrogen-bond donors (Lipinski definition) is 0. The smallest absolute Gasteiger partial charge is 0.145 e. The van der Waals surface area contributed by atoms with Crippen LogP contribution in [-0.4, -0.2) is 9.97 Å². The third kappa shape index (κ3) is 4.21. The lowest BCUT2D eigenvalue weighted by molar-refractivity contribution is 0.622. The first-order valence-corrected chi connectivity index (χ1v) is 15.2. The van der Waals surface area contributed by atoms with Crippen LogP contribution < -0.4 is 0 Å². The Morgan fingerprint density at radius 2 is 0.933 bits per heavy atom. The first kappa shape index (κ1) is 25.4. The molecule has 0 N–H and O–H groups in total. The number of rotatable bonds is 4. The van der Waals surface area contributed by atoms with Crippen molar-refractivity contribution in [3.05, 3.63) is 158 Å². The molecule has 0 saturated heterocycles. The molecule has 0 saturated carbocycles. The van der Waals surface area contributed by atoms with Crippen molar-refractivity contribution in [2.75, 3.05) is 0 Å². The second kappa shape index (κ2) is 10.3. The zero-order chi connectivity index (χ0) is 29.7. The fraction of sp³-hybridized carbons (Fsp3) is 0. The number of fused-ring (bicyclic) bond motifs is 6. The van der Waals surface area contributed by atoms with E-state index in [1.54, 1.807) is 0 Å². The van der Waals surface area contributed by atoms with Crippen LogP contribution in [0.5, 0.6) is 0 Å². The molecule has 0 aliphatic carbocycles. The topological polar surface area (TPSA) is 38.9 Å². The number of aromatic nitrogens is 2. The third-order valence-electron chi connectivity index (χ3n) is 8.67. The number of nitrogens with zero attached hydrogens (tertiary/aromatic N) is 2. The van der Waals surface area contributed by atoms with E-state index >= 15 is 0 Å². The molecule has 3 nitrogen and oxygen atoms in total. The van der Waals surface area contributed by atoms with Crippen LogP contribution in [0.4, 0.5) is 0 Å². The molecule has 9 rings (SSSR count). The molecule has 0 fully saturated rings. The Kier molecular flexibility index (Phi) is 5.82. The standard InChI is InChI=1S/C42H26N2O/c1-3-13-27(14-4-1)37-25-29(26-38(43-37)28-15-5-2-6-16-28)30-23-24-33(32-18-8-7-17-31(30)32)42-40-34-19-9-11-21-36(34)44-41(40)35-20-10-12-22-39(35)45-42/h1-26H. The van der Waals surface area contributed by atoms with Crippen LogP contribution in [0.1, 0.15) is 0 Å². The maximum absolute atomic E-state index is 6.79. The third-order valence-corrected chi connectivity index (χ3v) is 8.67. The van der Waals surface area contributed by atoms with Crippen molar-refractivity contribution in [3.63, 3.8) is 0 Å². The first-order valence-electron chi connectivity index (χ1n) is 15.2. The number of pyridine rings is 1. The Balaban J connectivity index is 1.31. The molecule has 6 aromatic carbocycles. The van der Waals surface area contributed by atoms with E-state index in [0.29, 0.717) is 0 Å². The predicted octanol–water partition coefficient (Wildman–Crippen LogP) is 11.3. The zero-order valence-electron chi connectivity index (χ0n) is 24.3. The van der Waals surface area contributed by atoms with E-state index in [2.05, 4.69) is 121 Å². The molecule has 0 bridgehead atoms. The molecule has 0 atom stereocenters. The summed E-state index contributed by atoms with van der Waals surface area (Å²) in [6, 6.07) is 54.8. The molecule has 210 valence electrons. The zero-order valence-corrected chi connectivity index (χ0v) is 24.3. The average Bonchev–Trinajstić information content (AvgIpc) is 3.52. The Bertz CT molecular complexity index is 2420. The molecule has 0 amide bonds. The number of hydrogen-bond acceptors (Lipinski definition) is 3. The van der Waals surface area contributed by atoms with Crippen molar-refractivity contribution >= 4 is 32.6 Å². The van der Waals surface area contributed by atoms with E-state index in [-0.39, 0.29) is 0 Å². The van der Waals surface area contributed by atoms with Gasteiger partial charge in [-0.15, -0.1) is 0 Å². The van der Waals surface area contributed by atoms with Crippen LogP contribution >= 0.6 is 0 Å². The summed E-state index contributed by atoms with van der Waals surface area (Å²) in [5, 5.41) is 4.39. The van der Waals surface area contributed by atoms with Gasteiger partial charge >= 0.3 is 0 Å². The summed E-state index contributed by atoms with van der Waals surface area (Å²) in [6.07, 6.45) is 0. The van der Waals surface area contributed by atoms with E-state index in [0.717, 1.165) is 88.9 Å². The molecule has 0 unspecified atom stereocenters. The van der Waals surface area contributed by atoms with Gasteiger partial charge in [0.2, 0.25) is 0 Å². The lowest BCUT2D eigenvalue weighted by Gasteiger charge is -2.16. The van der Waals surface area contributed by atoms with Crippen molar-refractivity contribution in [1.82, 2.24) is 9.97 Å². The van der Waals surface area contributed by atoms with E-state index in [1.165, 1.54) is 0 Å². The van der Waals surface area contributed by atoms with Gasteiger partial charge in [0, 0.05) is 27.5 Å². The summed E-state index contributed by atoms with van der Waals surface area (Å²) in [7, 11) is 0. The van der Waals surface area contributed by atoms with E-state index in [1.807, 2.05) is 36.4 Å². The molecule has 3 heterocycles. The first-order chi connectivity index (χ1) is 22.3. The van der Waals surface area contributed by atoms with E-state index in [9.17, 15) is 0 Å². The summed E-state index contributed by atoms with van der Waals surface area (Å²) in [6.45, 7) is 0. The average molecular weight is 575 g/mol. The quantitative estimate of drug-likeness (QED) is 0.210. The number of para-hydroxylation sites is 2. The van der Waals surface area contributed by atoms with Gasteiger partial charge < -0.3 is 4.42 Å². The lowest BCUT2D eigenvalue weighted by Crippen LogP contribution is -1.93. The number of benzene rings is 6. The van der Waals surface area contributed by atoms with Crippen molar-refractivity contribution in [3.8, 4) is 56.2 Å². The van der Waals surface area contributed by atoms with Gasteiger partial charge in [-0.05, 0) is 58.3 Å². The van der Waals surface area contributed by atoms with Gasteiger partial charge in [-0.3, -0.25) is 0 Å². The molecule has 0 radical (unpaired) electrons. The minimum absolute atomic E-state index is 0.824. The van der Waals surface area contributed by atoms with Crippen LogP contribution in [0.3, 0.4) is 0 Å². The van der Waals surface area contributed by atoms with Crippen molar-refractivity contribution < 1.29 is 4.42 Å². The van der Waals surface area contributed by atoms with Gasteiger partial charge in [0.05, 0.1) is 28.2 Å². The monoisotopic (exact) mass is 574 g/mol. The molecule has 2 aliphatic rings. The maximum Gasteiger partial charge on any atom is 0.145 e. The van der Waals surface area contributed by atoms with Crippen molar-refractivity contribution in [1.29, 1.82) is 0 Å². The van der Waals surface area contributed by atoms with Crippen molar-refractivity contribution in [2.24, 2.45) is 0 Å². The molecule has 1 aromatic heterocycles. The fourth-order valence-electron chi connectivity index (χ4n) is 6.56. The normalized spacial score (nSPS) is 11.6. The summed E-state index contributed by atoms with van der Waals surface area (Å²) in [5.74, 6) is 0.838. The highest BCUT2D eigenvalue weighted by Gasteiger charge is 2.24. The summed E-state index contributed by atoms with van der Waals surface area (Å²) in [5.41, 5.74) is 11.2. The Hall–Kier alpha value is -6.06. The van der Waals surface area contributed by atoms with Crippen LogP contribution in [0, 0.1) is 0 Å². The molecular weight excluding hydrogens is 548 g/mol. The molecule has 45 heavy (non-hydrogen) atoms. The SMILES string of the molecule is c1ccc(-c2cc(-c3ccc(-c4oc5ccccc5c5nc6ccccc6c4-5)c4ccccc34)cc(-c3ccccc3)n2)cc1. The summed E-state index contributed by atoms with van der Waals surface area (Å²) < 4.78 is 6.79. The van der Waals surface area contributed by atoms with Crippen molar-refractivity contribution in [2.45, 2.75) is 0 Å². The molecule has 7 aromatic rings.